The number of aromatic nitrogens is 5. The predicted octanol–water partition coefficient (Wildman–Crippen LogP) is 4.82. The van der Waals surface area contributed by atoms with E-state index in [4.69, 9.17) is 10.1 Å². The normalized spacial score (nSPS) is 11.3. The lowest BCUT2D eigenvalue weighted by Crippen LogP contribution is -2.00. The van der Waals surface area contributed by atoms with Crippen LogP contribution < -0.4 is 0 Å². The van der Waals surface area contributed by atoms with Gasteiger partial charge in [0.25, 0.3) is 0 Å². The smallest absolute Gasteiger partial charge is 0.109 e. The van der Waals surface area contributed by atoms with Crippen molar-refractivity contribution in [2.75, 3.05) is 0 Å². The molecule has 0 bridgehead atoms. The second-order valence-electron chi connectivity index (χ2n) is 7.57. The van der Waals surface area contributed by atoms with Crippen LogP contribution in [-0.4, -0.2) is 24.3 Å². The molecule has 0 fully saturated rings. The van der Waals surface area contributed by atoms with Crippen molar-refractivity contribution in [1.29, 1.82) is 0 Å². The molecule has 0 aliphatic rings. The molecule has 0 saturated heterocycles. The second kappa shape index (κ2) is 7.59. The van der Waals surface area contributed by atoms with Crippen molar-refractivity contribution >= 4 is 11.0 Å². The van der Waals surface area contributed by atoms with E-state index in [1.807, 2.05) is 42.3 Å². The van der Waals surface area contributed by atoms with Crippen LogP contribution in [0.15, 0.2) is 79.3 Å². The van der Waals surface area contributed by atoms with Gasteiger partial charge in [0.1, 0.15) is 11.5 Å². The first-order valence-corrected chi connectivity index (χ1v) is 10.1. The van der Waals surface area contributed by atoms with Crippen LogP contribution in [0.25, 0.3) is 33.4 Å². The van der Waals surface area contributed by atoms with Crippen molar-refractivity contribution < 1.29 is 0 Å². The van der Waals surface area contributed by atoms with Gasteiger partial charge < -0.3 is 4.57 Å². The van der Waals surface area contributed by atoms with E-state index in [-0.39, 0.29) is 0 Å². The lowest BCUT2D eigenvalue weighted by molar-refractivity contribution is 0.771. The number of pyridine rings is 1. The van der Waals surface area contributed by atoms with Gasteiger partial charge in [0.2, 0.25) is 0 Å². The van der Waals surface area contributed by atoms with Crippen LogP contribution in [0.5, 0.6) is 0 Å². The topological polar surface area (TPSA) is 48.5 Å². The average Bonchev–Trinajstić information content (AvgIpc) is 3.33. The Morgan fingerprint density at radius 1 is 0.800 bits per heavy atom. The largest absolute Gasteiger partial charge is 0.331 e. The molecule has 0 radical (unpaired) electrons. The Hall–Kier alpha value is -3.73. The van der Waals surface area contributed by atoms with Gasteiger partial charge in [0.05, 0.1) is 11.0 Å². The van der Waals surface area contributed by atoms with Gasteiger partial charge >= 0.3 is 0 Å². The summed E-state index contributed by atoms with van der Waals surface area (Å²) in [6.07, 6.45) is 7.56. The first-order chi connectivity index (χ1) is 14.7. The van der Waals surface area contributed by atoms with Gasteiger partial charge in [-0.05, 0) is 41.8 Å². The number of aryl methyl sites for hydroxylation is 4. The van der Waals surface area contributed by atoms with Crippen LogP contribution in [0.1, 0.15) is 11.4 Å². The van der Waals surface area contributed by atoms with E-state index in [1.165, 1.54) is 11.1 Å². The number of hydrogen-bond donors (Lipinski definition) is 0. The monoisotopic (exact) mass is 393 g/mol. The summed E-state index contributed by atoms with van der Waals surface area (Å²) in [7, 11) is 4.05. The highest BCUT2D eigenvalue weighted by Gasteiger charge is 2.12. The summed E-state index contributed by atoms with van der Waals surface area (Å²) in [5.74, 6) is 1.12. The highest BCUT2D eigenvalue weighted by atomic mass is 15.3. The maximum absolute atomic E-state index is 4.79. The Labute approximate surface area is 175 Å². The highest BCUT2D eigenvalue weighted by Crippen LogP contribution is 2.30. The second-order valence-corrected chi connectivity index (χ2v) is 7.57. The van der Waals surface area contributed by atoms with Gasteiger partial charge in [-0.2, -0.15) is 5.10 Å². The number of fused-ring (bicyclic) bond motifs is 1. The van der Waals surface area contributed by atoms with Gasteiger partial charge in [-0.15, -0.1) is 0 Å². The molecule has 3 heterocycles. The van der Waals surface area contributed by atoms with Gasteiger partial charge in [0, 0.05) is 50.2 Å². The molecule has 0 atom stereocenters. The van der Waals surface area contributed by atoms with E-state index in [9.17, 15) is 0 Å². The molecule has 0 saturated carbocycles. The first-order valence-electron chi connectivity index (χ1n) is 10.1. The van der Waals surface area contributed by atoms with E-state index in [0.717, 1.165) is 46.6 Å². The van der Waals surface area contributed by atoms with Crippen molar-refractivity contribution in [2.45, 2.75) is 12.8 Å². The molecule has 0 N–H and O–H groups in total. The van der Waals surface area contributed by atoms with Crippen molar-refractivity contribution in [3.05, 3.63) is 90.6 Å². The van der Waals surface area contributed by atoms with Crippen LogP contribution >= 0.6 is 0 Å². The zero-order valence-corrected chi connectivity index (χ0v) is 17.2. The Bertz CT molecular complexity index is 1300. The van der Waals surface area contributed by atoms with Crippen molar-refractivity contribution in [2.24, 2.45) is 14.1 Å². The third-order valence-electron chi connectivity index (χ3n) is 5.56. The molecule has 0 amide bonds. The molecule has 5 rings (SSSR count). The van der Waals surface area contributed by atoms with Gasteiger partial charge in [-0.25, -0.2) is 4.98 Å². The number of rotatable bonds is 5. The molecular weight excluding hydrogens is 370 g/mol. The van der Waals surface area contributed by atoms with E-state index in [0.29, 0.717) is 0 Å². The van der Waals surface area contributed by atoms with Crippen molar-refractivity contribution in [3.8, 4) is 22.4 Å². The molecule has 148 valence electrons. The zero-order chi connectivity index (χ0) is 20.5. The molecule has 0 aliphatic heterocycles. The Morgan fingerprint density at radius 2 is 1.57 bits per heavy atom. The SMILES string of the molecule is Cn1cc(-c2ccncc2)c(-c2ccc(CCc3nc4ccccc4n3C)cc2)n1. The van der Waals surface area contributed by atoms with E-state index in [1.54, 1.807) is 0 Å². The number of imidazole rings is 1. The predicted molar refractivity (Wildman–Crippen MR) is 120 cm³/mol. The highest BCUT2D eigenvalue weighted by molar-refractivity contribution is 5.80. The molecule has 5 aromatic rings. The summed E-state index contributed by atoms with van der Waals surface area (Å²) in [6, 6.07) is 21.0. The molecule has 5 heteroatoms. The minimum absolute atomic E-state index is 0.913. The average molecular weight is 393 g/mol. The molecule has 3 aromatic heterocycles. The summed E-state index contributed by atoms with van der Waals surface area (Å²) in [6.45, 7) is 0. The summed E-state index contributed by atoms with van der Waals surface area (Å²) in [5, 5.41) is 4.70. The van der Waals surface area contributed by atoms with Crippen LogP contribution in [0.4, 0.5) is 0 Å². The van der Waals surface area contributed by atoms with Crippen LogP contribution in [0, 0.1) is 0 Å². The fourth-order valence-corrected chi connectivity index (χ4v) is 3.95. The lowest BCUT2D eigenvalue weighted by Gasteiger charge is -2.06. The van der Waals surface area contributed by atoms with E-state index in [2.05, 4.69) is 65.3 Å². The first kappa shape index (κ1) is 18.3. The molecule has 0 unspecified atom stereocenters. The summed E-state index contributed by atoms with van der Waals surface area (Å²) < 4.78 is 4.06. The Balaban J connectivity index is 1.37. The van der Waals surface area contributed by atoms with Gasteiger partial charge in [-0.3, -0.25) is 9.67 Å². The van der Waals surface area contributed by atoms with Crippen molar-refractivity contribution in [3.63, 3.8) is 0 Å². The van der Waals surface area contributed by atoms with Gasteiger partial charge in [-0.1, -0.05) is 36.4 Å². The van der Waals surface area contributed by atoms with E-state index < -0.39 is 0 Å². The minimum atomic E-state index is 0.913. The molecule has 30 heavy (non-hydrogen) atoms. The fourth-order valence-electron chi connectivity index (χ4n) is 3.95. The fraction of sp³-hybridized carbons (Fsp3) is 0.160. The minimum Gasteiger partial charge on any atom is -0.331 e. The molecule has 0 aliphatic carbocycles. The third kappa shape index (κ3) is 3.39. The summed E-state index contributed by atoms with van der Waals surface area (Å²) >= 11 is 0. The molecule has 5 nitrogen and oxygen atoms in total. The van der Waals surface area contributed by atoms with Crippen molar-refractivity contribution in [1.82, 2.24) is 24.3 Å². The summed E-state index contributed by atoms with van der Waals surface area (Å²) in [5.41, 5.74) is 7.89. The molecule has 2 aromatic carbocycles. The van der Waals surface area contributed by atoms with Gasteiger partial charge in [0.15, 0.2) is 0 Å². The van der Waals surface area contributed by atoms with Crippen LogP contribution in [0.2, 0.25) is 0 Å². The molecule has 0 spiro atoms. The molecular formula is C25H23N5. The quantitative estimate of drug-likeness (QED) is 0.430. The number of benzene rings is 2. The summed E-state index contributed by atoms with van der Waals surface area (Å²) in [4.78, 5) is 8.91. The number of para-hydroxylation sites is 2. The zero-order valence-electron chi connectivity index (χ0n) is 17.2. The Kier molecular flexibility index (Phi) is 4.64. The van der Waals surface area contributed by atoms with Crippen LogP contribution in [0.3, 0.4) is 0 Å². The third-order valence-corrected chi connectivity index (χ3v) is 5.56. The lowest BCUT2D eigenvalue weighted by atomic mass is 10.0. The maximum atomic E-state index is 4.79. The number of hydrogen-bond acceptors (Lipinski definition) is 3. The standard InChI is InChI=1S/C25H23N5/c1-29-17-21(19-13-15-26-16-14-19)25(28-29)20-10-7-18(8-11-20)9-12-24-27-22-5-3-4-6-23(22)30(24)2/h3-8,10-11,13-17H,9,12H2,1-2H3. The Morgan fingerprint density at radius 3 is 2.33 bits per heavy atom. The number of nitrogens with zero attached hydrogens (tertiary/aromatic N) is 5. The maximum Gasteiger partial charge on any atom is 0.109 e. The van der Waals surface area contributed by atoms with E-state index >= 15 is 0 Å². The van der Waals surface area contributed by atoms with Crippen LogP contribution in [-0.2, 0) is 26.9 Å².